The summed E-state index contributed by atoms with van der Waals surface area (Å²) in [5.74, 6) is 0.937. The number of allylic oxidation sites excluding steroid dienone is 1. The zero-order valence-corrected chi connectivity index (χ0v) is 14.7. The molecule has 2 aromatic rings. The smallest absolute Gasteiger partial charge is 0.193 e. The molecule has 0 unspecified atom stereocenters. The second-order valence-corrected chi connectivity index (χ2v) is 5.69. The molecule has 0 aliphatic heterocycles. The van der Waals surface area contributed by atoms with Crippen LogP contribution in [0, 0.1) is 0 Å². The molecule has 0 atom stereocenters. The molecule has 0 bridgehead atoms. The first kappa shape index (κ1) is 17.8. The Labute approximate surface area is 144 Å². The molecule has 1 N–H and O–H groups in total. The van der Waals surface area contributed by atoms with Gasteiger partial charge in [-0.15, -0.1) is 6.58 Å². The molecule has 0 aliphatic carbocycles. The van der Waals surface area contributed by atoms with E-state index in [9.17, 15) is 0 Å². The number of rotatable bonds is 8. The van der Waals surface area contributed by atoms with Crippen molar-refractivity contribution in [2.75, 3.05) is 27.2 Å². The molecule has 128 valence electrons. The fourth-order valence-electron chi connectivity index (χ4n) is 2.52. The summed E-state index contributed by atoms with van der Waals surface area (Å²) >= 11 is 0. The number of aromatic nitrogens is 2. The van der Waals surface area contributed by atoms with Crippen LogP contribution in [0.4, 0.5) is 0 Å². The van der Waals surface area contributed by atoms with E-state index in [-0.39, 0.29) is 0 Å². The topological polar surface area (TPSA) is 45.5 Å². The van der Waals surface area contributed by atoms with E-state index in [1.54, 1.807) is 6.20 Å². The molecule has 5 heteroatoms. The quantitative estimate of drug-likeness (QED) is 0.351. The largest absolute Gasteiger partial charge is 0.356 e. The standard InChI is InChI=1S/C19H27N5/c1-4-5-6-15-23(3)19(20-2)21-14-12-17-8-10-18(11-9-17)24-16-7-13-22-24/h4,7-11,13,16H,1,5-6,12,14-15H2,2-3H3,(H,20,21). The number of nitrogens with one attached hydrogen (secondary N) is 1. The highest BCUT2D eigenvalue weighted by Gasteiger charge is 2.04. The highest BCUT2D eigenvalue weighted by Crippen LogP contribution is 2.08. The minimum absolute atomic E-state index is 0.861. The molecule has 0 aliphatic rings. The summed E-state index contributed by atoms with van der Waals surface area (Å²) in [4.78, 5) is 6.50. The molecule has 5 nitrogen and oxygen atoms in total. The lowest BCUT2D eigenvalue weighted by Gasteiger charge is -2.21. The zero-order valence-electron chi connectivity index (χ0n) is 14.7. The number of benzene rings is 1. The van der Waals surface area contributed by atoms with Crippen LogP contribution in [-0.4, -0.2) is 47.8 Å². The Morgan fingerprint density at radius 2 is 2.17 bits per heavy atom. The molecule has 0 spiro atoms. The summed E-state index contributed by atoms with van der Waals surface area (Å²) < 4.78 is 1.86. The van der Waals surface area contributed by atoms with Gasteiger partial charge >= 0.3 is 0 Å². The lowest BCUT2D eigenvalue weighted by molar-refractivity contribution is 0.470. The van der Waals surface area contributed by atoms with Gasteiger partial charge in [-0.25, -0.2) is 4.68 Å². The highest BCUT2D eigenvalue weighted by atomic mass is 15.3. The molecule has 24 heavy (non-hydrogen) atoms. The maximum atomic E-state index is 4.34. The molecule has 1 heterocycles. The van der Waals surface area contributed by atoms with Crippen molar-refractivity contribution in [2.24, 2.45) is 4.99 Å². The number of nitrogens with zero attached hydrogens (tertiary/aromatic N) is 4. The molecule has 2 rings (SSSR count). The summed E-state index contributed by atoms with van der Waals surface area (Å²) in [7, 11) is 3.89. The molecule has 0 saturated carbocycles. The van der Waals surface area contributed by atoms with Crippen LogP contribution in [-0.2, 0) is 6.42 Å². The molecular formula is C19H27N5. The molecule has 1 aromatic heterocycles. The van der Waals surface area contributed by atoms with E-state index in [1.807, 2.05) is 30.1 Å². The van der Waals surface area contributed by atoms with Crippen LogP contribution in [0.1, 0.15) is 18.4 Å². The van der Waals surface area contributed by atoms with Crippen molar-refractivity contribution in [1.82, 2.24) is 20.0 Å². The Hall–Kier alpha value is -2.56. The number of guanidine groups is 1. The maximum absolute atomic E-state index is 4.34. The fourth-order valence-corrected chi connectivity index (χ4v) is 2.52. The third kappa shape index (κ3) is 5.26. The van der Waals surface area contributed by atoms with Gasteiger partial charge in [0.25, 0.3) is 0 Å². The first-order chi connectivity index (χ1) is 11.7. The zero-order chi connectivity index (χ0) is 17.2. The molecule has 1 aromatic carbocycles. The van der Waals surface area contributed by atoms with Crippen molar-refractivity contribution in [3.05, 3.63) is 60.9 Å². The van der Waals surface area contributed by atoms with Gasteiger partial charge in [0.05, 0.1) is 5.69 Å². The number of aliphatic imine (C=N–C) groups is 1. The molecular weight excluding hydrogens is 298 g/mol. The first-order valence-electron chi connectivity index (χ1n) is 8.36. The fraction of sp³-hybridized carbons (Fsp3) is 0.368. The summed E-state index contributed by atoms with van der Waals surface area (Å²) in [6.45, 7) is 5.60. The van der Waals surface area contributed by atoms with Crippen LogP contribution in [0.2, 0.25) is 0 Å². The molecule has 0 fully saturated rings. The van der Waals surface area contributed by atoms with Gasteiger partial charge in [0, 0.05) is 39.6 Å². The van der Waals surface area contributed by atoms with Crippen molar-refractivity contribution in [3.63, 3.8) is 0 Å². The van der Waals surface area contributed by atoms with Crippen LogP contribution >= 0.6 is 0 Å². The van der Waals surface area contributed by atoms with Crippen LogP contribution in [0.3, 0.4) is 0 Å². The number of unbranched alkanes of at least 4 members (excludes halogenated alkanes) is 1. The van der Waals surface area contributed by atoms with Crippen molar-refractivity contribution < 1.29 is 0 Å². The minimum Gasteiger partial charge on any atom is -0.356 e. The van der Waals surface area contributed by atoms with Gasteiger partial charge < -0.3 is 10.2 Å². The van der Waals surface area contributed by atoms with Crippen LogP contribution in [0.5, 0.6) is 0 Å². The molecule has 0 saturated heterocycles. The van der Waals surface area contributed by atoms with E-state index in [0.29, 0.717) is 0 Å². The Bertz CT molecular complexity index is 628. The van der Waals surface area contributed by atoms with E-state index in [1.165, 1.54) is 5.56 Å². The number of hydrogen-bond donors (Lipinski definition) is 1. The van der Waals surface area contributed by atoms with Gasteiger partial charge in [-0.1, -0.05) is 18.2 Å². The van der Waals surface area contributed by atoms with Gasteiger partial charge in [-0.3, -0.25) is 4.99 Å². The Morgan fingerprint density at radius 1 is 1.38 bits per heavy atom. The second kappa shape index (κ2) is 9.55. The first-order valence-corrected chi connectivity index (χ1v) is 8.36. The van der Waals surface area contributed by atoms with Crippen molar-refractivity contribution in [3.8, 4) is 5.69 Å². The van der Waals surface area contributed by atoms with Crippen LogP contribution < -0.4 is 5.32 Å². The van der Waals surface area contributed by atoms with E-state index < -0.39 is 0 Å². The Balaban J connectivity index is 1.79. The summed E-state index contributed by atoms with van der Waals surface area (Å²) in [6, 6.07) is 10.4. The third-order valence-corrected chi connectivity index (χ3v) is 3.88. The molecule has 0 radical (unpaired) electrons. The average molecular weight is 325 g/mol. The van der Waals surface area contributed by atoms with Gasteiger partial charge in [-0.2, -0.15) is 5.10 Å². The van der Waals surface area contributed by atoms with E-state index in [4.69, 9.17) is 0 Å². The van der Waals surface area contributed by atoms with Crippen molar-refractivity contribution >= 4 is 5.96 Å². The minimum atomic E-state index is 0.861. The number of hydrogen-bond acceptors (Lipinski definition) is 2. The summed E-state index contributed by atoms with van der Waals surface area (Å²) in [6.07, 6.45) is 8.77. The van der Waals surface area contributed by atoms with E-state index >= 15 is 0 Å². The second-order valence-electron chi connectivity index (χ2n) is 5.69. The lowest BCUT2D eigenvalue weighted by atomic mass is 10.1. The van der Waals surface area contributed by atoms with Gasteiger partial charge in [0.2, 0.25) is 0 Å². The van der Waals surface area contributed by atoms with Crippen molar-refractivity contribution in [1.29, 1.82) is 0 Å². The average Bonchev–Trinajstić information content (AvgIpc) is 3.14. The lowest BCUT2D eigenvalue weighted by Crippen LogP contribution is -2.40. The van der Waals surface area contributed by atoms with Crippen molar-refractivity contribution in [2.45, 2.75) is 19.3 Å². The van der Waals surface area contributed by atoms with Gasteiger partial charge in [0.1, 0.15) is 0 Å². The summed E-state index contributed by atoms with van der Waals surface area (Å²) in [5, 5.41) is 7.66. The summed E-state index contributed by atoms with van der Waals surface area (Å²) in [5.41, 5.74) is 2.37. The monoisotopic (exact) mass is 325 g/mol. The van der Waals surface area contributed by atoms with E-state index in [0.717, 1.165) is 44.0 Å². The maximum Gasteiger partial charge on any atom is 0.193 e. The Morgan fingerprint density at radius 3 is 2.79 bits per heavy atom. The Kier molecular flexibility index (Phi) is 7.08. The van der Waals surface area contributed by atoms with Crippen LogP contribution in [0.15, 0.2) is 60.4 Å². The van der Waals surface area contributed by atoms with Crippen LogP contribution in [0.25, 0.3) is 5.69 Å². The highest BCUT2D eigenvalue weighted by molar-refractivity contribution is 5.79. The predicted octanol–water partition coefficient (Wildman–Crippen LogP) is 2.89. The van der Waals surface area contributed by atoms with Gasteiger partial charge in [0.15, 0.2) is 5.96 Å². The van der Waals surface area contributed by atoms with E-state index in [2.05, 4.69) is 58.2 Å². The van der Waals surface area contributed by atoms with Gasteiger partial charge in [-0.05, 0) is 43.0 Å². The predicted molar refractivity (Wildman–Crippen MR) is 101 cm³/mol. The SMILES string of the molecule is C=CCCCN(C)C(=NC)NCCc1ccc(-n2cccn2)cc1. The molecule has 0 amide bonds. The third-order valence-electron chi connectivity index (χ3n) is 3.88. The normalized spacial score (nSPS) is 11.3.